The van der Waals surface area contributed by atoms with E-state index in [1.807, 2.05) is 25.1 Å². The zero-order valence-electron chi connectivity index (χ0n) is 11.8. The van der Waals surface area contributed by atoms with Gasteiger partial charge < -0.3 is 15.0 Å². The van der Waals surface area contributed by atoms with Gasteiger partial charge in [0.2, 0.25) is 5.91 Å². The van der Waals surface area contributed by atoms with Crippen molar-refractivity contribution in [1.82, 2.24) is 0 Å². The zero-order chi connectivity index (χ0) is 13.8. The Bertz CT molecular complexity index is 444. The molecular formula is C15H22N2O2. The fourth-order valence-corrected chi connectivity index (χ4v) is 2.41. The van der Waals surface area contributed by atoms with Gasteiger partial charge in [-0.15, -0.1) is 0 Å². The van der Waals surface area contributed by atoms with Crippen LogP contribution in [0.1, 0.15) is 20.3 Å². The number of methoxy groups -OCH3 is 1. The van der Waals surface area contributed by atoms with Gasteiger partial charge in [0.15, 0.2) is 0 Å². The van der Waals surface area contributed by atoms with Crippen molar-refractivity contribution in [3.05, 3.63) is 24.3 Å². The third-order valence-corrected chi connectivity index (χ3v) is 3.66. The van der Waals surface area contributed by atoms with E-state index in [4.69, 9.17) is 4.74 Å². The van der Waals surface area contributed by atoms with E-state index in [-0.39, 0.29) is 17.9 Å². The number of para-hydroxylation sites is 2. The number of amides is 1. The van der Waals surface area contributed by atoms with Crippen LogP contribution >= 0.6 is 0 Å². The molecule has 1 N–H and O–H groups in total. The van der Waals surface area contributed by atoms with Gasteiger partial charge in [0.05, 0.1) is 23.4 Å². The number of anilines is 2. The van der Waals surface area contributed by atoms with E-state index in [1.54, 1.807) is 7.11 Å². The van der Waals surface area contributed by atoms with Gasteiger partial charge in [0, 0.05) is 20.2 Å². The molecule has 0 saturated heterocycles. The summed E-state index contributed by atoms with van der Waals surface area (Å²) in [5.74, 6) is 0.0576. The van der Waals surface area contributed by atoms with Crippen LogP contribution < -0.4 is 10.2 Å². The van der Waals surface area contributed by atoms with Crippen LogP contribution in [0.3, 0.4) is 0 Å². The van der Waals surface area contributed by atoms with E-state index in [0.717, 1.165) is 30.9 Å². The van der Waals surface area contributed by atoms with E-state index in [2.05, 4.69) is 23.2 Å². The summed E-state index contributed by atoms with van der Waals surface area (Å²) in [4.78, 5) is 14.2. The molecule has 0 bridgehead atoms. The second kappa shape index (κ2) is 6.06. The monoisotopic (exact) mass is 262 g/mol. The summed E-state index contributed by atoms with van der Waals surface area (Å²) in [6, 6.07) is 7.95. The molecule has 0 fully saturated rings. The summed E-state index contributed by atoms with van der Waals surface area (Å²) >= 11 is 0. The Morgan fingerprint density at radius 2 is 2.21 bits per heavy atom. The van der Waals surface area contributed by atoms with Gasteiger partial charge in [-0.25, -0.2) is 0 Å². The fraction of sp³-hybridized carbons (Fsp3) is 0.533. The molecule has 4 heteroatoms. The number of hydrogen-bond donors (Lipinski definition) is 1. The van der Waals surface area contributed by atoms with Crippen molar-refractivity contribution in [1.29, 1.82) is 0 Å². The van der Waals surface area contributed by atoms with Crippen molar-refractivity contribution in [3.63, 3.8) is 0 Å². The van der Waals surface area contributed by atoms with Crippen molar-refractivity contribution in [2.45, 2.75) is 26.4 Å². The number of benzene rings is 1. The smallest absolute Gasteiger partial charge is 0.229 e. The van der Waals surface area contributed by atoms with Crippen molar-refractivity contribution in [2.75, 3.05) is 30.4 Å². The lowest BCUT2D eigenvalue weighted by molar-refractivity contribution is -0.119. The third-order valence-electron chi connectivity index (χ3n) is 3.66. The van der Waals surface area contributed by atoms with E-state index in [9.17, 15) is 4.79 Å². The first-order chi connectivity index (χ1) is 9.15. The second-order valence-electron chi connectivity index (χ2n) is 5.08. The lowest BCUT2D eigenvalue weighted by Crippen LogP contribution is -2.37. The molecule has 0 aliphatic carbocycles. The number of nitrogens with zero attached hydrogens (tertiary/aromatic N) is 1. The first kappa shape index (κ1) is 13.9. The topological polar surface area (TPSA) is 41.6 Å². The number of ether oxygens (including phenoxy) is 1. The number of carbonyl (C=O) groups excluding carboxylic acids is 1. The molecular weight excluding hydrogens is 240 g/mol. The van der Waals surface area contributed by atoms with Crippen LogP contribution in [-0.2, 0) is 9.53 Å². The lowest BCUT2D eigenvalue weighted by Gasteiger charge is -2.29. The van der Waals surface area contributed by atoms with E-state index in [1.165, 1.54) is 0 Å². The Hall–Kier alpha value is -1.55. The third kappa shape index (κ3) is 3.07. The first-order valence-electron chi connectivity index (χ1n) is 6.83. The molecule has 0 radical (unpaired) electrons. The summed E-state index contributed by atoms with van der Waals surface area (Å²) in [7, 11) is 1.74. The molecule has 1 aromatic carbocycles. The van der Waals surface area contributed by atoms with Gasteiger partial charge in [-0.3, -0.25) is 4.79 Å². The van der Waals surface area contributed by atoms with Crippen molar-refractivity contribution < 1.29 is 9.53 Å². The maximum atomic E-state index is 12.0. The summed E-state index contributed by atoms with van der Waals surface area (Å²) in [6.07, 6.45) is 1.15. The van der Waals surface area contributed by atoms with Crippen LogP contribution in [0.2, 0.25) is 0 Å². The molecule has 19 heavy (non-hydrogen) atoms. The molecule has 2 rings (SSSR count). The Morgan fingerprint density at radius 3 is 2.89 bits per heavy atom. The largest absolute Gasteiger partial charge is 0.380 e. The summed E-state index contributed by atoms with van der Waals surface area (Å²) < 4.78 is 5.47. The van der Waals surface area contributed by atoms with Gasteiger partial charge in [-0.05, 0) is 18.6 Å². The van der Waals surface area contributed by atoms with Gasteiger partial charge in [0.25, 0.3) is 0 Å². The van der Waals surface area contributed by atoms with Gasteiger partial charge in [-0.1, -0.05) is 26.0 Å². The molecule has 1 aliphatic rings. The molecule has 0 aromatic heterocycles. The molecule has 2 atom stereocenters. The molecule has 0 saturated carbocycles. The van der Waals surface area contributed by atoms with Crippen LogP contribution in [0.25, 0.3) is 0 Å². The molecule has 104 valence electrons. The summed E-state index contributed by atoms with van der Waals surface area (Å²) in [5.41, 5.74) is 1.97. The highest BCUT2D eigenvalue weighted by Crippen LogP contribution is 2.30. The van der Waals surface area contributed by atoms with Crippen molar-refractivity contribution in [3.8, 4) is 0 Å². The highest BCUT2D eigenvalue weighted by molar-refractivity contribution is 5.97. The zero-order valence-corrected chi connectivity index (χ0v) is 11.8. The SMILES string of the molecule is CCC(CN1CC(C)C(=O)Nc2ccccc21)OC. The number of rotatable bonds is 4. The van der Waals surface area contributed by atoms with Crippen molar-refractivity contribution >= 4 is 17.3 Å². The lowest BCUT2D eigenvalue weighted by atomic mass is 10.1. The minimum absolute atomic E-state index is 0.0261. The molecule has 1 aliphatic heterocycles. The molecule has 0 spiro atoms. The minimum Gasteiger partial charge on any atom is -0.380 e. The molecule has 4 nitrogen and oxygen atoms in total. The Kier molecular flexibility index (Phi) is 4.43. The normalized spacial score (nSPS) is 20.5. The predicted molar refractivity (Wildman–Crippen MR) is 77.5 cm³/mol. The van der Waals surface area contributed by atoms with Crippen LogP contribution in [0.4, 0.5) is 11.4 Å². The van der Waals surface area contributed by atoms with E-state index < -0.39 is 0 Å². The quantitative estimate of drug-likeness (QED) is 0.906. The maximum Gasteiger partial charge on any atom is 0.229 e. The fourth-order valence-electron chi connectivity index (χ4n) is 2.41. The standard InChI is InChI=1S/C15H22N2O2/c1-4-12(19-3)10-17-9-11(2)15(18)16-13-7-5-6-8-14(13)17/h5-8,11-12H,4,9-10H2,1-3H3,(H,16,18). The van der Waals surface area contributed by atoms with Crippen LogP contribution in [0, 0.1) is 5.92 Å². The Morgan fingerprint density at radius 1 is 1.47 bits per heavy atom. The van der Waals surface area contributed by atoms with Gasteiger partial charge >= 0.3 is 0 Å². The van der Waals surface area contributed by atoms with Crippen molar-refractivity contribution in [2.24, 2.45) is 5.92 Å². The van der Waals surface area contributed by atoms with Gasteiger partial charge in [0.1, 0.15) is 0 Å². The van der Waals surface area contributed by atoms with Crippen LogP contribution in [0.15, 0.2) is 24.3 Å². The predicted octanol–water partition coefficient (Wildman–Crippen LogP) is 2.51. The van der Waals surface area contributed by atoms with Crippen LogP contribution in [0.5, 0.6) is 0 Å². The van der Waals surface area contributed by atoms with E-state index >= 15 is 0 Å². The second-order valence-corrected chi connectivity index (χ2v) is 5.08. The highest BCUT2D eigenvalue weighted by atomic mass is 16.5. The average molecular weight is 262 g/mol. The summed E-state index contributed by atoms with van der Waals surface area (Å²) in [5, 5.41) is 2.99. The van der Waals surface area contributed by atoms with Gasteiger partial charge in [-0.2, -0.15) is 0 Å². The number of fused-ring (bicyclic) bond motifs is 1. The molecule has 1 heterocycles. The molecule has 1 aromatic rings. The number of nitrogens with one attached hydrogen (secondary N) is 1. The van der Waals surface area contributed by atoms with Crippen LogP contribution in [-0.4, -0.2) is 32.2 Å². The Balaban J connectivity index is 2.28. The minimum atomic E-state index is -0.0261. The van der Waals surface area contributed by atoms with E-state index in [0.29, 0.717) is 0 Å². The number of carbonyl (C=O) groups is 1. The maximum absolute atomic E-state index is 12.0. The number of hydrogen-bond acceptors (Lipinski definition) is 3. The molecule has 1 amide bonds. The first-order valence-corrected chi connectivity index (χ1v) is 6.83. The average Bonchev–Trinajstić information content (AvgIpc) is 2.54. The Labute approximate surface area is 114 Å². The molecule has 2 unspecified atom stereocenters. The summed E-state index contributed by atoms with van der Waals surface area (Å²) in [6.45, 7) is 5.61. The highest BCUT2D eigenvalue weighted by Gasteiger charge is 2.25.